The Kier molecular flexibility index (Phi) is 5.04. The lowest BCUT2D eigenvalue weighted by atomic mass is 10.0. The van der Waals surface area contributed by atoms with Gasteiger partial charge in [0, 0.05) is 31.3 Å². The summed E-state index contributed by atoms with van der Waals surface area (Å²) in [6, 6.07) is 8.71. The zero-order valence-electron chi connectivity index (χ0n) is 11.2. The second kappa shape index (κ2) is 6.55. The van der Waals surface area contributed by atoms with Gasteiger partial charge in [-0.15, -0.1) is 0 Å². The number of halogens is 1. The molecule has 2 nitrogen and oxygen atoms in total. The lowest BCUT2D eigenvalue weighted by molar-refractivity contribution is 0.156. The van der Waals surface area contributed by atoms with Crippen LogP contribution in [0.1, 0.15) is 31.4 Å². The van der Waals surface area contributed by atoms with Gasteiger partial charge in [-0.3, -0.25) is 0 Å². The monoisotopic (exact) mass is 267 g/mol. The highest BCUT2D eigenvalue weighted by atomic mass is 35.5. The topological polar surface area (TPSA) is 21.3 Å². The van der Waals surface area contributed by atoms with Crippen molar-refractivity contribution in [1.82, 2.24) is 5.32 Å². The summed E-state index contributed by atoms with van der Waals surface area (Å²) < 4.78 is 5.18. The minimum atomic E-state index is 0.474. The minimum Gasteiger partial charge on any atom is -0.384 e. The number of hydrogen-bond acceptors (Lipinski definition) is 2. The maximum atomic E-state index is 5.94. The molecule has 2 atom stereocenters. The van der Waals surface area contributed by atoms with Crippen molar-refractivity contribution in [2.75, 3.05) is 20.3 Å². The van der Waals surface area contributed by atoms with Crippen molar-refractivity contribution in [3.8, 4) is 0 Å². The van der Waals surface area contributed by atoms with Gasteiger partial charge in [0.15, 0.2) is 0 Å². The van der Waals surface area contributed by atoms with Crippen LogP contribution >= 0.6 is 11.6 Å². The van der Waals surface area contributed by atoms with Gasteiger partial charge in [0.25, 0.3) is 0 Å². The zero-order valence-corrected chi connectivity index (χ0v) is 11.9. The van der Waals surface area contributed by atoms with Crippen LogP contribution in [0.25, 0.3) is 0 Å². The molecule has 18 heavy (non-hydrogen) atoms. The average molecular weight is 268 g/mol. The SMILES string of the molecule is COCC(C)CNC(c1ccc(Cl)cc1)C1CC1. The Bertz CT molecular complexity index is 361. The summed E-state index contributed by atoms with van der Waals surface area (Å²) in [4.78, 5) is 0. The van der Waals surface area contributed by atoms with Gasteiger partial charge in [0.2, 0.25) is 0 Å². The molecule has 0 radical (unpaired) electrons. The van der Waals surface area contributed by atoms with Gasteiger partial charge in [0.05, 0.1) is 0 Å². The lowest BCUT2D eigenvalue weighted by Crippen LogP contribution is -2.29. The van der Waals surface area contributed by atoms with E-state index in [4.69, 9.17) is 16.3 Å². The molecule has 0 aromatic heterocycles. The van der Waals surface area contributed by atoms with Crippen LogP contribution in [0.5, 0.6) is 0 Å². The summed E-state index contributed by atoms with van der Waals surface area (Å²) in [7, 11) is 1.76. The van der Waals surface area contributed by atoms with E-state index in [1.54, 1.807) is 7.11 Å². The minimum absolute atomic E-state index is 0.474. The standard InChI is InChI=1S/C15H22ClNO/c1-11(10-18-2)9-17-15(12-3-4-12)13-5-7-14(16)8-6-13/h5-8,11-12,15,17H,3-4,9-10H2,1-2H3. The molecular formula is C15H22ClNO. The van der Waals surface area contributed by atoms with Crippen LogP contribution in [0, 0.1) is 11.8 Å². The van der Waals surface area contributed by atoms with E-state index in [2.05, 4.69) is 24.4 Å². The maximum Gasteiger partial charge on any atom is 0.0499 e. The summed E-state index contributed by atoms with van der Waals surface area (Å²) in [6.07, 6.45) is 2.66. The smallest absolute Gasteiger partial charge is 0.0499 e. The number of benzene rings is 1. The summed E-state index contributed by atoms with van der Waals surface area (Å²) >= 11 is 5.94. The number of hydrogen-bond donors (Lipinski definition) is 1. The molecule has 0 aliphatic heterocycles. The first-order chi connectivity index (χ1) is 8.70. The van der Waals surface area contributed by atoms with Gasteiger partial charge < -0.3 is 10.1 Å². The first kappa shape index (κ1) is 13.9. The molecule has 1 fully saturated rings. The molecule has 1 aliphatic carbocycles. The molecule has 2 rings (SSSR count). The fraction of sp³-hybridized carbons (Fsp3) is 0.600. The van der Waals surface area contributed by atoms with Crippen molar-refractivity contribution in [3.63, 3.8) is 0 Å². The Morgan fingerprint density at radius 3 is 2.56 bits per heavy atom. The van der Waals surface area contributed by atoms with Gasteiger partial charge in [0.1, 0.15) is 0 Å². The highest BCUT2D eigenvalue weighted by molar-refractivity contribution is 6.30. The van der Waals surface area contributed by atoms with Crippen LogP contribution in [0.15, 0.2) is 24.3 Å². The second-order valence-corrected chi connectivity index (χ2v) is 5.77. The van der Waals surface area contributed by atoms with Crippen LogP contribution in [0.3, 0.4) is 0 Å². The molecule has 0 heterocycles. The van der Waals surface area contributed by atoms with Crippen molar-refractivity contribution in [2.24, 2.45) is 11.8 Å². The molecular weight excluding hydrogens is 246 g/mol. The van der Waals surface area contributed by atoms with E-state index in [1.165, 1.54) is 18.4 Å². The highest BCUT2D eigenvalue weighted by Gasteiger charge is 2.32. The summed E-state index contributed by atoms with van der Waals surface area (Å²) in [6.45, 7) is 4.02. The predicted octanol–water partition coefficient (Wildman–Crippen LogP) is 3.66. The molecule has 2 unspecified atom stereocenters. The lowest BCUT2D eigenvalue weighted by Gasteiger charge is -2.21. The van der Waals surface area contributed by atoms with Crippen LogP contribution in [-0.2, 0) is 4.74 Å². The van der Waals surface area contributed by atoms with Crippen molar-refractivity contribution in [2.45, 2.75) is 25.8 Å². The van der Waals surface area contributed by atoms with E-state index in [0.29, 0.717) is 12.0 Å². The van der Waals surface area contributed by atoms with Gasteiger partial charge in [-0.2, -0.15) is 0 Å². The fourth-order valence-corrected chi connectivity index (χ4v) is 2.45. The third kappa shape index (κ3) is 3.98. The van der Waals surface area contributed by atoms with E-state index >= 15 is 0 Å². The predicted molar refractivity (Wildman–Crippen MR) is 76.0 cm³/mol. The second-order valence-electron chi connectivity index (χ2n) is 5.34. The quantitative estimate of drug-likeness (QED) is 0.814. The van der Waals surface area contributed by atoms with E-state index < -0.39 is 0 Å². The first-order valence-corrected chi connectivity index (χ1v) is 7.06. The summed E-state index contributed by atoms with van der Waals surface area (Å²) in [5.41, 5.74) is 1.35. The maximum absolute atomic E-state index is 5.94. The molecule has 0 saturated heterocycles. The molecule has 1 saturated carbocycles. The largest absolute Gasteiger partial charge is 0.384 e. The Balaban J connectivity index is 1.94. The zero-order chi connectivity index (χ0) is 13.0. The third-order valence-corrected chi connectivity index (χ3v) is 3.71. The molecule has 1 N–H and O–H groups in total. The molecule has 1 aromatic rings. The van der Waals surface area contributed by atoms with Crippen molar-refractivity contribution in [3.05, 3.63) is 34.9 Å². The molecule has 0 bridgehead atoms. The Hall–Kier alpha value is -0.570. The Labute approximate surface area is 115 Å². The Morgan fingerprint density at radius 1 is 1.33 bits per heavy atom. The van der Waals surface area contributed by atoms with Crippen LogP contribution < -0.4 is 5.32 Å². The van der Waals surface area contributed by atoms with Crippen LogP contribution in [0.4, 0.5) is 0 Å². The normalized spacial score (nSPS) is 18.6. The first-order valence-electron chi connectivity index (χ1n) is 6.68. The molecule has 100 valence electrons. The highest BCUT2D eigenvalue weighted by Crippen LogP contribution is 2.41. The molecule has 0 amide bonds. The summed E-state index contributed by atoms with van der Waals surface area (Å²) in [5, 5.41) is 4.49. The molecule has 3 heteroatoms. The van der Waals surface area contributed by atoms with E-state index in [9.17, 15) is 0 Å². The number of methoxy groups -OCH3 is 1. The third-order valence-electron chi connectivity index (χ3n) is 3.46. The summed E-state index contributed by atoms with van der Waals surface area (Å²) in [5.74, 6) is 1.34. The van der Waals surface area contributed by atoms with E-state index in [0.717, 1.165) is 24.1 Å². The molecule has 0 spiro atoms. The molecule has 1 aromatic carbocycles. The van der Waals surface area contributed by atoms with Gasteiger partial charge >= 0.3 is 0 Å². The van der Waals surface area contributed by atoms with E-state index in [1.807, 2.05) is 12.1 Å². The van der Waals surface area contributed by atoms with Crippen LogP contribution in [-0.4, -0.2) is 20.3 Å². The van der Waals surface area contributed by atoms with Gasteiger partial charge in [-0.05, 0) is 42.4 Å². The van der Waals surface area contributed by atoms with Crippen molar-refractivity contribution in [1.29, 1.82) is 0 Å². The van der Waals surface area contributed by atoms with Crippen molar-refractivity contribution >= 4 is 11.6 Å². The van der Waals surface area contributed by atoms with Crippen molar-refractivity contribution < 1.29 is 4.74 Å². The average Bonchev–Trinajstić information content (AvgIpc) is 3.16. The Morgan fingerprint density at radius 2 is 2.00 bits per heavy atom. The van der Waals surface area contributed by atoms with Gasteiger partial charge in [-0.25, -0.2) is 0 Å². The molecule has 1 aliphatic rings. The number of rotatable bonds is 7. The number of ether oxygens (including phenoxy) is 1. The van der Waals surface area contributed by atoms with Crippen LogP contribution in [0.2, 0.25) is 5.02 Å². The fourth-order valence-electron chi connectivity index (χ4n) is 2.33. The number of nitrogens with one attached hydrogen (secondary N) is 1. The van der Waals surface area contributed by atoms with Gasteiger partial charge in [-0.1, -0.05) is 30.7 Å². The van der Waals surface area contributed by atoms with E-state index in [-0.39, 0.29) is 0 Å².